The van der Waals surface area contributed by atoms with Crippen LogP contribution in [0.3, 0.4) is 0 Å². The summed E-state index contributed by atoms with van der Waals surface area (Å²) in [5.41, 5.74) is 0.103. The van der Waals surface area contributed by atoms with Crippen LogP contribution in [0.1, 0.15) is 24.0 Å². The van der Waals surface area contributed by atoms with E-state index in [-0.39, 0.29) is 23.9 Å². The molecule has 0 atom stereocenters. The van der Waals surface area contributed by atoms with Crippen LogP contribution in [0, 0.1) is 24.2 Å². The highest BCUT2D eigenvalue weighted by molar-refractivity contribution is 7.89. The van der Waals surface area contributed by atoms with Crippen molar-refractivity contribution in [1.29, 1.82) is 5.26 Å². The van der Waals surface area contributed by atoms with E-state index in [1.54, 1.807) is 19.1 Å². The van der Waals surface area contributed by atoms with Gasteiger partial charge in [-0.15, -0.1) is 0 Å². The average Bonchev–Trinajstić information content (AvgIpc) is 3.19. The lowest BCUT2D eigenvalue weighted by Gasteiger charge is -2.45. The number of nitriles is 1. The normalized spacial score (nSPS) is 22.1. The Labute approximate surface area is 118 Å². The Morgan fingerprint density at radius 2 is 2.05 bits per heavy atom. The summed E-state index contributed by atoms with van der Waals surface area (Å²) in [7, 11) is -3.62. The van der Waals surface area contributed by atoms with Gasteiger partial charge < -0.3 is 5.11 Å². The zero-order valence-electron chi connectivity index (χ0n) is 11.2. The minimum absolute atomic E-state index is 0.161. The van der Waals surface area contributed by atoms with Crippen molar-refractivity contribution < 1.29 is 13.5 Å². The number of β-amino-alcohol motifs (C(OH)–C–C–N with tert-alkyl or cyclic N) is 1. The van der Waals surface area contributed by atoms with Crippen LogP contribution in [-0.2, 0) is 10.0 Å². The number of rotatable bonds is 3. The molecular weight excluding hydrogens is 276 g/mol. The summed E-state index contributed by atoms with van der Waals surface area (Å²) in [4.78, 5) is 0.161. The lowest BCUT2D eigenvalue weighted by molar-refractivity contribution is -0.0764. The molecule has 106 valence electrons. The molecule has 5 nitrogen and oxygen atoms in total. The van der Waals surface area contributed by atoms with E-state index in [4.69, 9.17) is 5.26 Å². The van der Waals surface area contributed by atoms with Crippen molar-refractivity contribution in [3.63, 3.8) is 0 Å². The number of aryl methyl sites for hydroxylation is 1. The number of sulfonamides is 1. The first kappa shape index (κ1) is 13.6. The van der Waals surface area contributed by atoms with Crippen molar-refractivity contribution in [3.05, 3.63) is 29.3 Å². The largest absolute Gasteiger partial charge is 0.387 e. The van der Waals surface area contributed by atoms with Gasteiger partial charge >= 0.3 is 0 Å². The third kappa shape index (κ3) is 2.03. The lowest BCUT2D eigenvalue weighted by atomic mass is 9.91. The standard InChI is InChI=1S/C14H16N2O3S/c1-10-2-3-11(7-15)6-13(10)20(18,19)16-8-14(17,9-16)12-4-5-12/h2-3,6,12,17H,4-5,8-9H2,1H3. The fourth-order valence-corrected chi connectivity index (χ4v) is 4.52. The van der Waals surface area contributed by atoms with Gasteiger partial charge in [0.25, 0.3) is 0 Å². The number of aliphatic hydroxyl groups is 1. The summed E-state index contributed by atoms with van der Waals surface area (Å²) in [5.74, 6) is 0.250. The maximum absolute atomic E-state index is 12.5. The molecule has 20 heavy (non-hydrogen) atoms. The molecule has 1 aromatic carbocycles. The van der Waals surface area contributed by atoms with E-state index < -0.39 is 15.6 Å². The first-order valence-corrected chi connectivity index (χ1v) is 8.04. The zero-order valence-corrected chi connectivity index (χ0v) is 12.0. The van der Waals surface area contributed by atoms with Crippen LogP contribution in [0.5, 0.6) is 0 Å². The Hall–Kier alpha value is -1.42. The fourth-order valence-electron chi connectivity index (χ4n) is 2.70. The second kappa shape index (κ2) is 4.29. The van der Waals surface area contributed by atoms with E-state index >= 15 is 0 Å². The van der Waals surface area contributed by atoms with Crippen molar-refractivity contribution in [2.75, 3.05) is 13.1 Å². The Balaban J connectivity index is 1.88. The molecule has 3 rings (SSSR count). The highest BCUT2D eigenvalue weighted by Crippen LogP contribution is 2.46. The smallest absolute Gasteiger partial charge is 0.243 e. The van der Waals surface area contributed by atoms with E-state index in [0.29, 0.717) is 11.1 Å². The number of hydrogen-bond donors (Lipinski definition) is 1. The topological polar surface area (TPSA) is 81.4 Å². The third-order valence-electron chi connectivity index (χ3n) is 4.17. The van der Waals surface area contributed by atoms with Crippen LogP contribution < -0.4 is 0 Å². The van der Waals surface area contributed by atoms with Gasteiger partial charge in [0.2, 0.25) is 10.0 Å². The number of hydrogen-bond acceptors (Lipinski definition) is 4. The molecule has 0 unspecified atom stereocenters. The molecular formula is C14H16N2O3S. The van der Waals surface area contributed by atoms with Crippen molar-refractivity contribution in [2.45, 2.75) is 30.3 Å². The average molecular weight is 292 g/mol. The summed E-state index contributed by atoms with van der Waals surface area (Å²) >= 11 is 0. The van der Waals surface area contributed by atoms with Gasteiger partial charge in [0.1, 0.15) is 0 Å². The lowest BCUT2D eigenvalue weighted by Crippen LogP contribution is -2.64. The molecule has 1 N–H and O–H groups in total. The van der Waals surface area contributed by atoms with Crippen molar-refractivity contribution in [2.24, 2.45) is 5.92 Å². The van der Waals surface area contributed by atoms with Gasteiger partial charge in [0, 0.05) is 13.1 Å². The number of nitrogens with zero attached hydrogens (tertiary/aromatic N) is 2. The minimum Gasteiger partial charge on any atom is -0.387 e. The van der Waals surface area contributed by atoms with Gasteiger partial charge in [-0.1, -0.05) is 6.07 Å². The maximum Gasteiger partial charge on any atom is 0.243 e. The van der Waals surface area contributed by atoms with Crippen LogP contribution >= 0.6 is 0 Å². The molecule has 0 amide bonds. The maximum atomic E-state index is 12.5. The van der Waals surface area contributed by atoms with Gasteiger partial charge in [-0.3, -0.25) is 0 Å². The van der Waals surface area contributed by atoms with Crippen molar-refractivity contribution in [1.82, 2.24) is 4.31 Å². The predicted molar refractivity (Wildman–Crippen MR) is 72.3 cm³/mol. The van der Waals surface area contributed by atoms with Crippen LogP contribution in [0.25, 0.3) is 0 Å². The van der Waals surface area contributed by atoms with E-state index in [1.165, 1.54) is 10.4 Å². The van der Waals surface area contributed by atoms with Gasteiger partial charge in [-0.2, -0.15) is 9.57 Å². The first-order valence-electron chi connectivity index (χ1n) is 6.60. The molecule has 6 heteroatoms. The fraction of sp³-hybridized carbons (Fsp3) is 0.500. The quantitative estimate of drug-likeness (QED) is 0.901. The highest BCUT2D eigenvalue weighted by Gasteiger charge is 2.55. The number of benzene rings is 1. The monoisotopic (exact) mass is 292 g/mol. The molecule has 0 aromatic heterocycles. The molecule has 1 saturated carbocycles. The molecule has 0 spiro atoms. The summed E-state index contributed by atoms with van der Waals surface area (Å²) < 4.78 is 26.4. The zero-order chi connectivity index (χ0) is 14.5. The molecule has 0 bridgehead atoms. The van der Waals surface area contributed by atoms with Crippen LogP contribution in [0.4, 0.5) is 0 Å². The van der Waals surface area contributed by atoms with Gasteiger partial charge in [-0.25, -0.2) is 8.42 Å². The molecule has 1 aliphatic carbocycles. The van der Waals surface area contributed by atoms with Crippen LogP contribution in [0.15, 0.2) is 23.1 Å². The third-order valence-corrected chi connectivity index (χ3v) is 6.11. The van der Waals surface area contributed by atoms with Crippen molar-refractivity contribution >= 4 is 10.0 Å². The summed E-state index contributed by atoms with van der Waals surface area (Å²) in [6, 6.07) is 6.60. The molecule has 1 aliphatic heterocycles. The van der Waals surface area contributed by atoms with Crippen LogP contribution in [-0.4, -0.2) is 36.5 Å². The first-order chi connectivity index (χ1) is 9.37. The minimum atomic E-state index is -3.62. The van der Waals surface area contributed by atoms with E-state index in [1.807, 2.05) is 6.07 Å². The summed E-state index contributed by atoms with van der Waals surface area (Å²) in [6.07, 6.45) is 1.96. The predicted octanol–water partition coefficient (Wildman–Crippen LogP) is 1.01. The molecule has 1 heterocycles. The molecule has 1 saturated heterocycles. The Kier molecular flexibility index (Phi) is 2.91. The molecule has 1 aromatic rings. The summed E-state index contributed by atoms with van der Waals surface area (Å²) in [5, 5.41) is 19.1. The Bertz CT molecular complexity index is 696. The SMILES string of the molecule is Cc1ccc(C#N)cc1S(=O)(=O)N1CC(O)(C2CC2)C1. The van der Waals surface area contributed by atoms with E-state index in [0.717, 1.165) is 12.8 Å². The molecule has 0 radical (unpaired) electrons. The van der Waals surface area contributed by atoms with Gasteiger partial charge in [0.05, 0.1) is 22.1 Å². The Morgan fingerprint density at radius 3 is 2.60 bits per heavy atom. The van der Waals surface area contributed by atoms with Gasteiger partial charge in [0.15, 0.2) is 0 Å². The molecule has 2 fully saturated rings. The van der Waals surface area contributed by atoms with Crippen LogP contribution in [0.2, 0.25) is 0 Å². The second-order valence-electron chi connectivity index (χ2n) is 5.74. The van der Waals surface area contributed by atoms with Crippen molar-refractivity contribution in [3.8, 4) is 6.07 Å². The van der Waals surface area contributed by atoms with E-state index in [9.17, 15) is 13.5 Å². The Morgan fingerprint density at radius 1 is 1.40 bits per heavy atom. The molecule has 2 aliphatic rings. The summed E-state index contributed by atoms with van der Waals surface area (Å²) in [6.45, 7) is 2.04. The van der Waals surface area contributed by atoms with E-state index in [2.05, 4.69) is 0 Å². The van der Waals surface area contributed by atoms with Gasteiger partial charge in [-0.05, 0) is 43.4 Å². The second-order valence-corrected chi connectivity index (χ2v) is 7.65. The highest BCUT2D eigenvalue weighted by atomic mass is 32.2.